The fraction of sp³-hybridized carbons (Fsp3) is 0.500. The Kier molecular flexibility index (Phi) is 5.44. The van der Waals surface area contributed by atoms with Crippen molar-refractivity contribution in [1.82, 2.24) is 19.9 Å². The maximum atomic E-state index is 6.31. The number of nitrogens with zero attached hydrogens (tertiary/aromatic N) is 5. The lowest BCUT2D eigenvalue weighted by atomic mass is 9.73. The minimum Gasteiger partial charge on any atom is -0.383 e. The Bertz CT molecular complexity index is 1050. The number of hydrogen-bond donors (Lipinski definition) is 1. The van der Waals surface area contributed by atoms with Crippen LogP contribution >= 0.6 is 0 Å². The van der Waals surface area contributed by atoms with Gasteiger partial charge in [-0.1, -0.05) is 13.8 Å². The van der Waals surface area contributed by atoms with Crippen LogP contribution in [0.1, 0.15) is 44.6 Å². The van der Waals surface area contributed by atoms with E-state index in [9.17, 15) is 0 Å². The highest BCUT2D eigenvalue weighted by Gasteiger charge is 2.28. The molecule has 31 heavy (non-hydrogen) atoms. The van der Waals surface area contributed by atoms with Crippen LogP contribution in [-0.2, 0) is 4.74 Å². The summed E-state index contributed by atoms with van der Waals surface area (Å²) in [5.41, 5.74) is 10.1. The first-order valence-electron chi connectivity index (χ1n) is 11.3. The van der Waals surface area contributed by atoms with Crippen LogP contribution in [0.3, 0.4) is 0 Å². The second kappa shape index (κ2) is 8.38. The normalized spacial score (nSPS) is 24.5. The molecule has 2 fully saturated rings. The first-order chi connectivity index (χ1) is 15.1. The summed E-state index contributed by atoms with van der Waals surface area (Å²) < 4.78 is 5.45. The van der Waals surface area contributed by atoms with Crippen LogP contribution in [0.4, 0.5) is 11.6 Å². The predicted molar refractivity (Wildman–Crippen MR) is 123 cm³/mol. The Morgan fingerprint density at radius 1 is 1.00 bits per heavy atom. The second-order valence-electron chi connectivity index (χ2n) is 9.17. The molecule has 0 radical (unpaired) electrons. The van der Waals surface area contributed by atoms with Gasteiger partial charge in [0, 0.05) is 24.8 Å². The van der Waals surface area contributed by atoms with E-state index in [4.69, 9.17) is 20.4 Å². The van der Waals surface area contributed by atoms with Gasteiger partial charge in [0.25, 0.3) is 0 Å². The van der Waals surface area contributed by atoms with E-state index < -0.39 is 0 Å². The molecule has 1 saturated carbocycles. The molecule has 3 atom stereocenters. The number of ether oxygens (including phenoxy) is 1. The highest BCUT2D eigenvalue weighted by molar-refractivity contribution is 5.90. The summed E-state index contributed by atoms with van der Waals surface area (Å²) >= 11 is 0. The fourth-order valence-corrected chi connectivity index (χ4v) is 5.30. The zero-order chi connectivity index (χ0) is 21.4. The van der Waals surface area contributed by atoms with Crippen LogP contribution in [-0.4, -0.2) is 46.2 Å². The van der Waals surface area contributed by atoms with Crippen molar-refractivity contribution in [2.45, 2.75) is 39.0 Å². The molecule has 7 nitrogen and oxygen atoms in total. The van der Waals surface area contributed by atoms with Crippen LogP contribution in [0.5, 0.6) is 0 Å². The number of morpholine rings is 1. The van der Waals surface area contributed by atoms with Crippen LogP contribution in [0.25, 0.3) is 22.3 Å². The molecule has 162 valence electrons. The summed E-state index contributed by atoms with van der Waals surface area (Å²) in [5, 5.41) is 0.912. The summed E-state index contributed by atoms with van der Waals surface area (Å²) in [5.74, 6) is 3.33. The Hall–Kier alpha value is -2.80. The van der Waals surface area contributed by atoms with E-state index in [2.05, 4.69) is 46.9 Å². The van der Waals surface area contributed by atoms with Gasteiger partial charge in [-0.15, -0.1) is 0 Å². The van der Waals surface area contributed by atoms with E-state index in [1.54, 1.807) is 0 Å². The molecule has 2 aliphatic rings. The molecule has 0 aromatic carbocycles. The van der Waals surface area contributed by atoms with Crippen molar-refractivity contribution in [2.24, 2.45) is 11.8 Å². The molecule has 5 rings (SSSR count). The Labute approximate surface area is 183 Å². The average Bonchev–Trinajstić information content (AvgIpc) is 2.78. The van der Waals surface area contributed by atoms with Gasteiger partial charge in [-0.25, -0.2) is 19.9 Å². The quantitative estimate of drug-likeness (QED) is 0.686. The highest BCUT2D eigenvalue weighted by atomic mass is 16.5. The lowest BCUT2D eigenvalue weighted by Gasteiger charge is -2.32. The Balaban J connectivity index is 1.55. The molecule has 0 amide bonds. The molecule has 4 heterocycles. The first-order valence-corrected chi connectivity index (χ1v) is 11.3. The molecule has 3 aromatic rings. The summed E-state index contributed by atoms with van der Waals surface area (Å²) in [4.78, 5) is 20.5. The fourth-order valence-electron chi connectivity index (χ4n) is 5.30. The van der Waals surface area contributed by atoms with E-state index >= 15 is 0 Å². The van der Waals surface area contributed by atoms with E-state index in [0.29, 0.717) is 29.2 Å². The van der Waals surface area contributed by atoms with Gasteiger partial charge in [0.05, 0.1) is 24.3 Å². The largest absolute Gasteiger partial charge is 0.383 e. The number of hydrogen-bond acceptors (Lipinski definition) is 7. The number of pyridine rings is 2. The number of rotatable bonds is 3. The van der Waals surface area contributed by atoms with Gasteiger partial charge in [0.1, 0.15) is 18.0 Å². The van der Waals surface area contributed by atoms with Gasteiger partial charge >= 0.3 is 0 Å². The van der Waals surface area contributed by atoms with Gasteiger partial charge in [-0.2, -0.15) is 0 Å². The molecule has 3 aromatic heterocycles. The minimum atomic E-state index is 0.442. The summed E-state index contributed by atoms with van der Waals surface area (Å²) in [7, 11) is 0. The van der Waals surface area contributed by atoms with E-state index in [0.717, 1.165) is 61.6 Å². The van der Waals surface area contributed by atoms with Gasteiger partial charge in [0.15, 0.2) is 5.65 Å². The molecule has 7 heteroatoms. The van der Waals surface area contributed by atoms with Crippen molar-refractivity contribution in [3.63, 3.8) is 0 Å². The van der Waals surface area contributed by atoms with Gasteiger partial charge < -0.3 is 15.4 Å². The van der Waals surface area contributed by atoms with E-state index in [1.807, 2.05) is 6.20 Å². The summed E-state index contributed by atoms with van der Waals surface area (Å²) in [6, 6.07) is 6.38. The summed E-state index contributed by atoms with van der Waals surface area (Å²) in [6.07, 6.45) is 7.02. The predicted octanol–water partition coefficient (Wildman–Crippen LogP) is 4.05. The number of nitrogens with two attached hydrogens (primary N) is 1. The third-order valence-corrected chi connectivity index (χ3v) is 6.66. The molecule has 1 aliphatic heterocycles. The van der Waals surface area contributed by atoms with Crippen molar-refractivity contribution in [2.75, 3.05) is 36.9 Å². The Morgan fingerprint density at radius 2 is 1.77 bits per heavy atom. The van der Waals surface area contributed by atoms with Crippen LogP contribution in [0.15, 0.2) is 30.7 Å². The van der Waals surface area contributed by atoms with Crippen molar-refractivity contribution in [1.29, 1.82) is 0 Å². The first kappa shape index (κ1) is 20.1. The lowest BCUT2D eigenvalue weighted by Crippen LogP contribution is -2.36. The van der Waals surface area contributed by atoms with Gasteiger partial charge in [0.2, 0.25) is 0 Å². The molecular weight excluding hydrogens is 388 g/mol. The topological polar surface area (TPSA) is 90.0 Å². The molecule has 1 aliphatic carbocycles. The second-order valence-corrected chi connectivity index (χ2v) is 9.17. The van der Waals surface area contributed by atoms with Crippen molar-refractivity contribution >= 4 is 22.7 Å². The zero-order valence-electron chi connectivity index (χ0n) is 18.3. The molecule has 0 spiro atoms. The Morgan fingerprint density at radius 3 is 2.48 bits per heavy atom. The van der Waals surface area contributed by atoms with Crippen LogP contribution in [0, 0.1) is 11.8 Å². The number of nitrogen functional groups attached to an aromatic ring is 1. The van der Waals surface area contributed by atoms with Crippen molar-refractivity contribution in [3.8, 4) is 11.3 Å². The average molecular weight is 419 g/mol. The van der Waals surface area contributed by atoms with Crippen LogP contribution < -0.4 is 10.6 Å². The molecule has 1 saturated heterocycles. The highest BCUT2D eigenvalue weighted by Crippen LogP contribution is 2.42. The lowest BCUT2D eigenvalue weighted by molar-refractivity contribution is 0.122. The van der Waals surface area contributed by atoms with Crippen LogP contribution in [0.2, 0.25) is 0 Å². The third-order valence-electron chi connectivity index (χ3n) is 6.66. The smallest absolute Gasteiger partial charge is 0.165 e. The molecule has 2 N–H and O–H groups in total. The van der Waals surface area contributed by atoms with Crippen molar-refractivity contribution < 1.29 is 4.74 Å². The maximum absolute atomic E-state index is 6.31. The SMILES string of the molecule is C[C@@H]1CC(c2cc(-c3ccc(N4CCOCC4)nc3)nc3ncnc(N)c23)C[C@H](C)C1. The summed E-state index contributed by atoms with van der Waals surface area (Å²) in [6.45, 7) is 7.94. The molecule has 1 unspecified atom stereocenters. The van der Waals surface area contributed by atoms with Crippen molar-refractivity contribution in [3.05, 3.63) is 36.3 Å². The number of anilines is 2. The van der Waals surface area contributed by atoms with Gasteiger partial charge in [-0.3, -0.25) is 0 Å². The van der Waals surface area contributed by atoms with E-state index in [1.165, 1.54) is 18.3 Å². The third kappa shape index (κ3) is 4.06. The monoisotopic (exact) mass is 418 g/mol. The zero-order valence-corrected chi connectivity index (χ0v) is 18.3. The maximum Gasteiger partial charge on any atom is 0.165 e. The van der Waals surface area contributed by atoms with Gasteiger partial charge in [-0.05, 0) is 60.8 Å². The standard InChI is InChI=1S/C24H30N6O/c1-15-9-16(2)11-18(10-15)19-12-20(29-24-22(19)23(25)27-14-28-24)17-3-4-21(26-13-17)30-5-7-31-8-6-30/h3-4,12-16,18H,5-11H2,1-2H3,(H2,25,27,28,29)/t15-,16+,18?. The van der Waals surface area contributed by atoms with E-state index in [-0.39, 0.29) is 0 Å². The molecular formula is C24H30N6O. The number of aromatic nitrogens is 4. The molecule has 0 bridgehead atoms. The number of fused-ring (bicyclic) bond motifs is 1. The minimum absolute atomic E-state index is 0.442.